The van der Waals surface area contributed by atoms with Crippen molar-refractivity contribution in [3.05, 3.63) is 11.1 Å². The third-order valence-electron chi connectivity index (χ3n) is 3.70. The maximum Gasteiger partial charge on any atom is 0.362 e. The second-order valence-corrected chi connectivity index (χ2v) is 8.37. The van der Waals surface area contributed by atoms with E-state index in [4.69, 9.17) is 16.2 Å². The van der Waals surface area contributed by atoms with Crippen LogP contribution >= 0.6 is 22.9 Å². The number of aromatic nitrogens is 1. The molecule has 1 saturated heterocycles. The first-order valence-corrected chi connectivity index (χ1v) is 10.3. The Hall–Kier alpha value is -2.29. The minimum absolute atomic E-state index is 0.0467. The summed E-state index contributed by atoms with van der Waals surface area (Å²) in [7, 11) is -3.58. The summed E-state index contributed by atoms with van der Waals surface area (Å²) in [5, 5.41) is 9.90. The summed E-state index contributed by atoms with van der Waals surface area (Å²) in [6.45, 7) is 2.70. The lowest BCUT2D eigenvalue weighted by Gasteiger charge is -2.50. The van der Waals surface area contributed by atoms with Gasteiger partial charge in [0.2, 0.25) is 5.91 Å². The van der Waals surface area contributed by atoms with E-state index < -0.39 is 39.6 Å². The molecule has 1 aromatic heterocycles. The number of nitrogens with zero attached hydrogens (tertiary/aromatic N) is 3. The van der Waals surface area contributed by atoms with Crippen LogP contribution in [0.3, 0.4) is 0 Å². The summed E-state index contributed by atoms with van der Waals surface area (Å²) < 4.78 is 32.0. The molecule has 1 aromatic rings. The van der Waals surface area contributed by atoms with Gasteiger partial charge in [-0.1, -0.05) is 5.16 Å². The number of rotatable bonds is 7. The predicted molar refractivity (Wildman–Crippen MR) is 99.4 cm³/mol. The van der Waals surface area contributed by atoms with Gasteiger partial charge in [0.05, 0.1) is 5.54 Å². The van der Waals surface area contributed by atoms with E-state index in [1.54, 1.807) is 0 Å². The fourth-order valence-corrected chi connectivity index (χ4v) is 4.30. The van der Waals surface area contributed by atoms with Crippen molar-refractivity contribution in [2.45, 2.75) is 25.4 Å². The Morgan fingerprint density at radius 2 is 2.14 bits per heavy atom. The number of alkyl halides is 1. The second kappa shape index (κ2) is 7.98. The topological polar surface area (TPSA) is 167 Å². The molecule has 28 heavy (non-hydrogen) atoms. The summed E-state index contributed by atoms with van der Waals surface area (Å²) in [6, 6.07) is -1.24. The van der Waals surface area contributed by atoms with E-state index in [9.17, 15) is 22.8 Å². The maximum atomic E-state index is 12.6. The molecule has 1 fully saturated rings. The molecule has 15 heteroatoms. The minimum Gasteiger partial charge on any atom is -0.398 e. The molecule has 1 unspecified atom stereocenters. The summed E-state index contributed by atoms with van der Waals surface area (Å²) in [5.41, 5.74) is -1.66. The van der Waals surface area contributed by atoms with Crippen LogP contribution in [0.1, 0.15) is 19.5 Å². The molecule has 3 N–H and O–H groups in total. The van der Waals surface area contributed by atoms with E-state index >= 15 is 0 Å². The standard InChI is InChI=1S/C13H16ClN5O7S2/c1-13(2)9(11(22)19(13)28(23,24)25)17-10(21)8(18-26-3)6-5-27-12(15-6)16-7(20)4-14/h5,9H,4H2,1-3H3,(H,17,21)(H,15,16,20)(H,23,24,25). The van der Waals surface area contributed by atoms with Gasteiger partial charge >= 0.3 is 10.3 Å². The molecule has 2 heterocycles. The highest BCUT2D eigenvalue weighted by Crippen LogP contribution is 2.34. The van der Waals surface area contributed by atoms with E-state index in [0.717, 1.165) is 11.3 Å². The molecule has 0 aliphatic carbocycles. The monoisotopic (exact) mass is 453 g/mol. The normalized spacial score (nSPS) is 19.0. The Balaban J connectivity index is 2.20. The zero-order valence-electron chi connectivity index (χ0n) is 14.8. The number of carbonyl (C=O) groups excluding carboxylic acids is 3. The molecule has 3 amide bonds. The van der Waals surface area contributed by atoms with Crippen LogP contribution in [0.2, 0.25) is 0 Å². The van der Waals surface area contributed by atoms with E-state index in [2.05, 4.69) is 25.6 Å². The second-order valence-electron chi connectivity index (χ2n) is 5.98. The first-order valence-electron chi connectivity index (χ1n) is 7.49. The third kappa shape index (κ3) is 4.24. The van der Waals surface area contributed by atoms with E-state index in [0.29, 0.717) is 0 Å². The summed E-state index contributed by atoms with van der Waals surface area (Å²) in [4.78, 5) is 44.6. The van der Waals surface area contributed by atoms with Crippen molar-refractivity contribution in [3.63, 3.8) is 0 Å². The Morgan fingerprint density at radius 3 is 2.64 bits per heavy atom. The van der Waals surface area contributed by atoms with Crippen molar-refractivity contribution in [1.29, 1.82) is 0 Å². The molecule has 1 atom stereocenters. The summed E-state index contributed by atoms with van der Waals surface area (Å²) in [5.74, 6) is -2.66. The summed E-state index contributed by atoms with van der Waals surface area (Å²) in [6.07, 6.45) is 0. The van der Waals surface area contributed by atoms with Crippen LogP contribution < -0.4 is 10.6 Å². The highest BCUT2D eigenvalue weighted by molar-refractivity contribution is 7.84. The van der Waals surface area contributed by atoms with Crippen LogP contribution in [0.5, 0.6) is 0 Å². The van der Waals surface area contributed by atoms with Crippen molar-refractivity contribution in [3.8, 4) is 0 Å². The molecule has 1 aliphatic heterocycles. The third-order valence-corrected chi connectivity index (χ3v) is 5.81. The average Bonchev–Trinajstić information content (AvgIpc) is 3.03. The Morgan fingerprint density at radius 1 is 1.50 bits per heavy atom. The predicted octanol–water partition coefficient (Wildman–Crippen LogP) is -0.421. The van der Waals surface area contributed by atoms with Gasteiger partial charge in [0, 0.05) is 5.38 Å². The zero-order valence-corrected chi connectivity index (χ0v) is 17.2. The highest BCUT2D eigenvalue weighted by Gasteiger charge is 2.60. The van der Waals surface area contributed by atoms with Crippen molar-refractivity contribution < 1.29 is 32.2 Å². The Bertz CT molecular complexity index is 943. The van der Waals surface area contributed by atoms with Gasteiger partial charge in [-0.15, -0.1) is 22.9 Å². The van der Waals surface area contributed by atoms with E-state index in [1.165, 1.54) is 26.3 Å². The number of halogens is 1. The Labute approximate surface area is 168 Å². The quantitative estimate of drug-likeness (QED) is 0.164. The number of hydrogen-bond donors (Lipinski definition) is 3. The number of thiazole rings is 1. The van der Waals surface area contributed by atoms with Crippen LogP contribution in [0.15, 0.2) is 10.5 Å². The van der Waals surface area contributed by atoms with Gasteiger partial charge in [-0.2, -0.15) is 8.42 Å². The number of nitrogens with one attached hydrogen (secondary N) is 2. The SMILES string of the molecule is CON=C(C(=O)NC1C(=O)N(S(=O)(=O)O)C1(C)C)c1csc(NC(=O)CCl)n1. The van der Waals surface area contributed by atoms with Crippen LogP contribution in [-0.2, 0) is 29.5 Å². The van der Waals surface area contributed by atoms with Crippen LogP contribution in [-0.4, -0.2) is 70.3 Å². The van der Waals surface area contributed by atoms with Crippen molar-refractivity contribution in [1.82, 2.24) is 14.6 Å². The fourth-order valence-electron chi connectivity index (χ4n) is 2.49. The molecule has 0 aromatic carbocycles. The van der Waals surface area contributed by atoms with Crippen LogP contribution in [0.4, 0.5) is 5.13 Å². The molecule has 2 rings (SSSR count). The average molecular weight is 454 g/mol. The molecule has 1 aliphatic rings. The van der Waals surface area contributed by atoms with Crippen LogP contribution in [0, 0.1) is 0 Å². The number of amides is 3. The number of oxime groups is 1. The van der Waals surface area contributed by atoms with Crippen molar-refractivity contribution in [2.24, 2.45) is 5.16 Å². The lowest BCUT2D eigenvalue weighted by Crippen LogP contribution is -2.77. The molecular weight excluding hydrogens is 438 g/mol. The molecule has 12 nitrogen and oxygen atoms in total. The highest BCUT2D eigenvalue weighted by atomic mass is 35.5. The van der Waals surface area contributed by atoms with Gasteiger partial charge < -0.3 is 15.5 Å². The molecular formula is C13H16ClN5O7S2. The van der Waals surface area contributed by atoms with Crippen molar-refractivity contribution in [2.75, 3.05) is 18.3 Å². The van der Waals surface area contributed by atoms with Gasteiger partial charge in [0.1, 0.15) is 24.7 Å². The lowest BCUT2D eigenvalue weighted by atomic mass is 9.85. The molecule has 0 saturated carbocycles. The van der Waals surface area contributed by atoms with E-state index in [1.807, 2.05) is 0 Å². The van der Waals surface area contributed by atoms with E-state index in [-0.39, 0.29) is 26.7 Å². The molecule has 0 bridgehead atoms. The number of anilines is 1. The van der Waals surface area contributed by atoms with Gasteiger partial charge in [-0.25, -0.2) is 9.29 Å². The molecule has 0 radical (unpaired) electrons. The number of carbonyl (C=O) groups is 3. The van der Waals surface area contributed by atoms with Gasteiger partial charge in [0.25, 0.3) is 11.8 Å². The lowest BCUT2D eigenvalue weighted by molar-refractivity contribution is -0.151. The smallest absolute Gasteiger partial charge is 0.362 e. The molecule has 0 spiro atoms. The minimum atomic E-state index is -4.77. The van der Waals surface area contributed by atoms with Gasteiger partial charge in [0.15, 0.2) is 10.8 Å². The van der Waals surface area contributed by atoms with Gasteiger partial charge in [-0.05, 0) is 13.8 Å². The molecule has 154 valence electrons. The van der Waals surface area contributed by atoms with Gasteiger partial charge in [-0.3, -0.25) is 18.9 Å². The first kappa shape index (κ1) is 22.0. The fraction of sp³-hybridized carbons (Fsp3) is 0.462. The zero-order chi connectivity index (χ0) is 21.3. The maximum absolute atomic E-state index is 12.6. The van der Waals surface area contributed by atoms with Crippen molar-refractivity contribution >= 4 is 61.8 Å². The number of β-lactam (4-membered cyclic amide) rings is 1. The summed E-state index contributed by atoms with van der Waals surface area (Å²) >= 11 is 6.40. The largest absolute Gasteiger partial charge is 0.398 e. The number of hydrogen-bond acceptors (Lipinski definition) is 9. The first-order chi connectivity index (χ1) is 12.9. The van der Waals surface area contributed by atoms with Crippen LogP contribution in [0.25, 0.3) is 0 Å². The Kier molecular flexibility index (Phi) is 6.27.